The van der Waals surface area contributed by atoms with Gasteiger partial charge in [0.15, 0.2) is 11.6 Å². The van der Waals surface area contributed by atoms with Crippen LogP contribution in [-0.4, -0.2) is 55.6 Å². The zero-order chi connectivity index (χ0) is 25.0. The van der Waals surface area contributed by atoms with E-state index in [2.05, 4.69) is 27.2 Å². The van der Waals surface area contributed by atoms with E-state index in [0.717, 1.165) is 61.2 Å². The minimum Gasteiger partial charge on any atom is -0.490 e. The summed E-state index contributed by atoms with van der Waals surface area (Å²) in [6.45, 7) is 8.97. The third-order valence-electron chi connectivity index (χ3n) is 8.43. The minimum absolute atomic E-state index is 0.0786. The van der Waals surface area contributed by atoms with Crippen molar-refractivity contribution in [3.05, 3.63) is 45.8 Å². The number of nitrogens with one attached hydrogen (secondary N) is 1. The SMILES string of the molecule is Cc1cc(Nc2ncnn3cc(OC[C@@H](C)N4CCCC4)c(C)c23)c(=O)n2c1C(=O)CC21CCCC1. The summed E-state index contributed by atoms with van der Waals surface area (Å²) in [6.07, 6.45) is 10.1. The number of ketones is 1. The van der Waals surface area contributed by atoms with E-state index in [1.807, 2.05) is 20.0 Å². The molecule has 1 N–H and O–H groups in total. The van der Waals surface area contributed by atoms with E-state index in [0.29, 0.717) is 36.3 Å². The number of nitrogens with zero attached hydrogens (tertiary/aromatic N) is 5. The molecule has 0 aromatic carbocycles. The lowest BCUT2D eigenvalue weighted by Gasteiger charge is -2.26. The zero-order valence-electron chi connectivity index (χ0n) is 21.3. The monoisotopic (exact) mass is 490 g/mol. The van der Waals surface area contributed by atoms with Crippen LogP contribution in [0, 0.1) is 13.8 Å². The number of rotatable bonds is 6. The van der Waals surface area contributed by atoms with E-state index >= 15 is 0 Å². The zero-order valence-corrected chi connectivity index (χ0v) is 21.3. The van der Waals surface area contributed by atoms with Crippen molar-refractivity contribution in [3.8, 4) is 5.75 Å². The maximum atomic E-state index is 13.7. The van der Waals surface area contributed by atoms with E-state index in [4.69, 9.17) is 4.74 Å². The predicted molar refractivity (Wildman–Crippen MR) is 138 cm³/mol. The van der Waals surface area contributed by atoms with Gasteiger partial charge in [0.2, 0.25) is 0 Å². The number of fused-ring (bicyclic) bond motifs is 3. The molecular formula is C27H34N6O3. The van der Waals surface area contributed by atoms with Gasteiger partial charge < -0.3 is 10.1 Å². The van der Waals surface area contributed by atoms with Crippen molar-refractivity contribution >= 4 is 22.8 Å². The number of carbonyl (C=O) groups is 1. The quantitative estimate of drug-likeness (QED) is 0.559. The maximum absolute atomic E-state index is 13.7. The van der Waals surface area contributed by atoms with Gasteiger partial charge in [-0.2, -0.15) is 5.10 Å². The summed E-state index contributed by atoms with van der Waals surface area (Å²) in [5, 5.41) is 7.67. The largest absolute Gasteiger partial charge is 0.490 e. The maximum Gasteiger partial charge on any atom is 0.275 e. The van der Waals surface area contributed by atoms with Gasteiger partial charge in [-0.15, -0.1) is 0 Å². The smallest absolute Gasteiger partial charge is 0.275 e. The molecule has 190 valence electrons. The highest BCUT2D eigenvalue weighted by atomic mass is 16.5. The third kappa shape index (κ3) is 3.63. The second-order valence-electron chi connectivity index (χ2n) is 10.8. The van der Waals surface area contributed by atoms with E-state index in [1.54, 1.807) is 15.1 Å². The number of Topliss-reactive ketones (excluding diaryl/α,β-unsaturated/α-hetero) is 1. The second kappa shape index (κ2) is 8.73. The molecule has 1 spiro atoms. The van der Waals surface area contributed by atoms with Gasteiger partial charge in [0.05, 0.1) is 17.4 Å². The van der Waals surface area contributed by atoms with Crippen molar-refractivity contribution in [1.29, 1.82) is 0 Å². The molecule has 9 heteroatoms. The van der Waals surface area contributed by atoms with Crippen molar-refractivity contribution in [2.24, 2.45) is 0 Å². The Morgan fingerprint density at radius 2 is 1.89 bits per heavy atom. The third-order valence-corrected chi connectivity index (χ3v) is 8.43. The Morgan fingerprint density at radius 1 is 1.14 bits per heavy atom. The fourth-order valence-electron chi connectivity index (χ4n) is 6.53. The van der Waals surface area contributed by atoms with Crippen molar-refractivity contribution in [1.82, 2.24) is 24.1 Å². The first-order valence-electron chi connectivity index (χ1n) is 13.2. The average Bonchev–Trinajstić information content (AvgIpc) is 3.64. The Morgan fingerprint density at radius 3 is 2.64 bits per heavy atom. The van der Waals surface area contributed by atoms with Crippen molar-refractivity contribution in [2.45, 2.75) is 77.3 Å². The van der Waals surface area contributed by atoms with Crippen molar-refractivity contribution in [2.75, 3.05) is 25.0 Å². The lowest BCUT2D eigenvalue weighted by Crippen LogP contribution is -2.37. The van der Waals surface area contributed by atoms with Crippen LogP contribution in [0.3, 0.4) is 0 Å². The van der Waals surface area contributed by atoms with Crippen molar-refractivity contribution < 1.29 is 9.53 Å². The number of pyridine rings is 1. The fourth-order valence-corrected chi connectivity index (χ4v) is 6.53. The molecule has 1 atom stereocenters. The van der Waals surface area contributed by atoms with Gasteiger partial charge in [0.1, 0.15) is 29.9 Å². The van der Waals surface area contributed by atoms with Gasteiger partial charge in [-0.1, -0.05) is 12.8 Å². The topological polar surface area (TPSA) is 93.8 Å². The molecule has 0 unspecified atom stereocenters. The predicted octanol–water partition coefficient (Wildman–Crippen LogP) is 3.97. The summed E-state index contributed by atoms with van der Waals surface area (Å²) in [7, 11) is 0. The molecule has 3 aromatic rings. The highest BCUT2D eigenvalue weighted by Gasteiger charge is 2.46. The van der Waals surface area contributed by atoms with Crippen LogP contribution in [0.2, 0.25) is 0 Å². The minimum atomic E-state index is -0.370. The Labute approximate surface area is 210 Å². The summed E-state index contributed by atoms with van der Waals surface area (Å²) in [6, 6.07) is 2.13. The molecule has 36 heavy (non-hydrogen) atoms. The van der Waals surface area contributed by atoms with Gasteiger partial charge in [0.25, 0.3) is 5.56 Å². The average molecular weight is 491 g/mol. The molecule has 1 saturated heterocycles. The van der Waals surface area contributed by atoms with E-state index < -0.39 is 0 Å². The summed E-state index contributed by atoms with van der Waals surface area (Å²) in [5.74, 6) is 1.39. The van der Waals surface area contributed by atoms with Crippen LogP contribution < -0.4 is 15.6 Å². The summed E-state index contributed by atoms with van der Waals surface area (Å²) >= 11 is 0. The molecule has 5 heterocycles. The molecule has 0 radical (unpaired) electrons. The number of anilines is 2. The Kier molecular flexibility index (Phi) is 5.63. The summed E-state index contributed by atoms with van der Waals surface area (Å²) < 4.78 is 9.76. The molecule has 2 fully saturated rings. The standard InChI is InChI=1S/C27H34N6O3/c1-17-12-20(26(35)33-23(17)21(34)13-27(33)8-4-5-9-27)30-25-24-19(3)22(14-32(24)29-16-28-25)36-15-18(2)31-10-6-7-11-31/h12,14,16,18H,4-11,13,15H2,1-3H3,(H,28,29,30)/t18-/m1/s1. The molecule has 1 saturated carbocycles. The number of hydrogen-bond donors (Lipinski definition) is 1. The molecule has 1 aliphatic carbocycles. The van der Waals surface area contributed by atoms with E-state index in [1.165, 1.54) is 19.2 Å². The molecule has 3 aliphatic rings. The Balaban J connectivity index is 1.33. The van der Waals surface area contributed by atoms with Crippen LogP contribution in [0.1, 0.15) is 73.5 Å². The summed E-state index contributed by atoms with van der Waals surface area (Å²) in [4.78, 5) is 33.5. The van der Waals surface area contributed by atoms with Crippen LogP contribution in [0.4, 0.5) is 11.5 Å². The first-order chi connectivity index (χ1) is 17.4. The summed E-state index contributed by atoms with van der Waals surface area (Å²) in [5.41, 5.74) is 3.00. The Hall–Kier alpha value is -3.20. The Bertz CT molecular complexity index is 1390. The van der Waals surface area contributed by atoms with Crippen LogP contribution in [0.25, 0.3) is 5.52 Å². The molecule has 0 amide bonds. The van der Waals surface area contributed by atoms with Crippen LogP contribution >= 0.6 is 0 Å². The molecule has 2 aliphatic heterocycles. The highest BCUT2D eigenvalue weighted by Crippen LogP contribution is 2.45. The first kappa shape index (κ1) is 23.2. The molecule has 9 nitrogen and oxygen atoms in total. The van der Waals surface area contributed by atoms with Gasteiger partial charge in [-0.05, 0) is 71.2 Å². The second-order valence-corrected chi connectivity index (χ2v) is 10.8. The number of aryl methyl sites for hydroxylation is 2. The van der Waals surface area contributed by atoms with Crippen LogP contribution in [0.5, 0.6) is 5.75 Å². The fraction of sp³-hybridized carbons (Fsp3) is 0.556. The van der Waals surface area contributed by atoms with E-state index in [9.17, 15) is 9.59 Å². The van der Waals surface area contributed by atoms with Crippen LogP contribution in [-0.2, 0) is 5.54 Å². The lowest BCUT2D eigenvalue weighted by atomic mass is 9.94. The number of aromatic nitrogens is 4. The highest BCUT2D eigenvalue weighted by molar-refractivity contribution is 5.99. The molecular weight excluding hydrogens is 456 g/mol. The van der Waals surface area contributed by atoms with Gasteiger partial charge in [0, 0.05) is 18.0 Å². The lowest BCUT2D eigenvalue weighted by molar-refractivity contribution is 0.0970. The first-order valence-corrected chi connectivity index (χ1v) is 13.2. The molecule has 3 aromatic heterocycles. The van der Waals surface area contributed by atoms with Gasteiger partial charge in [-0.3, -0.25) is 19.1 Å². The van der Waals surface area contributed by atoms with Gasteiger partial charge in [-0.25, -0.2) is 9.50 Å². The van der Waals surface area contributed by atoms with Gasteiger partial charge >= 0.3 is 0 Å². The molecule has 0 bridgehead atoms. The number of hydrogen-bond acceptors (Lipinski definition) is 7. The van der Waals surface area contributed by atoms with Crippen molar-refractivity contribution in [3.63, 3.8) is 0 Å². The van der Waals surface area contributed by atoms with E-state index in [-0.39, 0.29) is 16.9 Å². The normalized spacial score (nSPS) is 19.9. The number of ether oxygens (including phenoxy) is 1. The molecule has 6 rings (SSSR count). The number of carbonyl (C=O) groups excluding carboxylic acids is 1. The van der Waals surface area contributed by atoms with Crippen LogP contribution in [0.15, 0.2) is 23.4 Å². The number of likely N-dealkylation sites (tertiary alicyclic amines) is 1.